The lowest BCUT2D eigenvalue weighted by Gasteiger charge is -2.15. The number of methoxy groups -OCH3 is 1. The molecule has 162 valence electrons. The summed E-state index contributed by atoms with van der Waals surface area (Å²) in [6.45, 7) is 1.85. The van der Waals surface area contributed by atoms with Gasteiger partial charge in [0.25, 0.3) is 5.56 Å². The van der Waals surface area contributed by atoms with Crippen LogP contribution in [0.15, 0.2) is 82.4 Å². The summed E-state index contributed by atoms with van der Waals surface area (Å²) in [4.78, 5) is 39.2. The molecular weight excluding hydrogens is 406 g/mol. The third kappa shape index (κ3) is 4.18. The van der Waals surface area contributed by atoms with Gasteiger partial charge in [0.1, 0.15) is 12.3 Å². The standard InChI is InChI=1S/C25H23N3O4/c1-17-11-13-18(14-12-17)15-28-24(30)19-7-3-5-9-21(19)27(25(28)31)16-23(29)26-20-8-4-6-10-22(20)32-2/h3-14H,15-16H2,1-2H3,(H,26,29). The van der Waals surface area contributed by atoms with Crippen molar-refractivity contribution in [2.24, 2.45) is 0 Å². The molecule has 1 N–H and O–H groups in total. The third-order valence-corrected chi connectivity index (χ3v) is 5.28. The van der Waals surface area contributed by atoms with Crippen LogP contribution in [0.2, 0.25) is 0 Å². The Morgan fingerprint density at radius 1 is 0.906 bits per heavy atom. The van der Waals surface area contributed by atoms with Gasteiger partial charge in [0, 0.05) is 0 Å². The molecule has 4 aromatic rings. The minimum Gasteiger partial charge on any atom is -0.495 e. The number of hydrogen-bond donors (Lipinski definition) is 1. The van der Waals surface area contributed by atoms with Crippen molar-refractivity contribution >= 4 is 22.5 Å². The fraction of sp³-hybridized carbons (Fsp3) is 0.160. The van der Waals surface area contributed by atoms with Crippen LogP contribution < -0.4 is 21.3 Å². The Bertz CT molecular complexity index is 1400. The van der Waals surface area contributed by atoms with Crippen LogP contribution in [0.3, 0.4) is 0 Å². The number of aryl methyl sites for hydroxylation is 1. The van der Waals surface area contributed by atoms with Gasteiger partial charge in [0.05, 0.1) is 30.2 Å². The van der Waals surface area contributed by atoms with E-state index in [1.165, 1.54) is 16.2 Å². The molecule has 0 radical (unpaired) electrons. The molecule has 7 nitrogen and oxygen atoms in total. The normalized spacial score (nSPS) is 10.8. The van der Waals surface area contributed by atoms with Crippen molar-refractivity contribution in [2.45, 2.75) is 20.0 Å². The number of ether oxygens (including phenoxy) is 1. The summed E-state index contributed by atoms with van der Waals surface area (Å²) < 4.78 is 7.77. The number of fused-ring (bicyclic) bond motifs is 1. The summed E-state index contributed by atoms with van der Waals surface area (Å²) in [7, 11) is 1.52. The first-order chi connectivity index (χ1) is 15.5. The molecule has 0 unspecified atom stereocenters. The van der Waals surface area contributed by atoms with Gasteiger partial charge in [-0.3, -0.25) is 18.7 Å². The number of para-hydroxylation sites is 3. The minimum atomic E-state index is -0.538. The van der Waals surface area contributed by atoms with Crippen LogP contribution >= 0.6 is 0 Å². The number of nitrogens with one attached hydrogen (secondary N) is 1. The van der Waals surface area contributed by atoms with Gasteiger partial charge in [0.2, 0.25) is 5.91 Å². The molecular formula is C25H23N3O4. The van der Waals surface area contributed by atoms with E-state index in [1.54, 1.807) is 48.5 Å². The second kappa shape index (κ2) is 8.93. The summed E-state index contributed by atoms with van der Waals surface area (Å²) in [6.07, 6.45) is 0. The van der Waals surface area contributed by atoms with E-state index in [9.17, 15) is 14.4 Å². The molecule has 0 aliphatic carbocycles. The molecule has 7 heteroatoms. The molecule has 0 saturated carbocycles. The highest BCUT2D eigenvalue weighted by molar-refractivity contribution is 5.93. The lowest BCUT2D eigenvalue weighted by atomic mass is 10.1. The SMILES string of the molecule is COc1ccccc1NC(=O)Cn1c(=O)n(Cc2ccc(C)cc2)c(=O)c2ccccc21. The van der Waals surface area contributed by atoms with Crippen molar-refractivity contribution in [1.29, 1.82) is 0 Å². The summed E-state index contributed by atoms with van der Waals surface area (Å²) in [5.74, 6) is 0.115. The summed E-state index contributed by atoms with van der Waals surface area (Å²) in [5, 5.41) is 3.16. The highest BCUT2D eigenvalue weighted by Crippen LogP contribution is 2.23. The zero-order valence-corrected chi connectivity index (χ0v) is 17.9. The average Bonchev–Trinajstić information content (AvgIpc) is 2.81. The van der Waals surface area contributed by atoms with Gasteiger partial charge in [0.15, 0.2) is 0 Å². The first-order valence-electron chi connectivity index (χ1n) is 10.2. The molecule has 0 spiro atoms. The van der Waals surface area contributed by atoms with E-state index in [2.05, 4.69) is 5.32 Å². The number of rotatable bonds is 6. The number of carbonyl (C=O) groups is 1. The molecule has 1 heterocycles. The Balaban J connectivity index is 1.75. The summed E-state index contributed by atoms with van der Waals surface area (Å²) in [6, 6.07) is 21.5. The number of carbonyl (C=O) groups excluding carboxylic acids is 1. The number of amides is 1. The van der Waals surface area contributed by atoms with Gasteiger partial charge in [-0.25, -0.2) is 4.79 Å². The Kier molecular flexibility index (Phi) is 5.89. The summed E-state index contributed by atoms with van der Waals surface area (Å²) >= 11 is 0. The van der Waals surface area contributed by atoms with E-state index in [4.69, 9.17) is 4.74 Å². The first kappa shape index (κ1) is 21.1. The van der Waals surface area contributed by atoms with Crippen molar-refractivity contribution < 1.29 is 9.53 Å². The van der Waals surface area contributed by atoms with Crippen LogP contribution in [0.1, 0.15) is 11.1 Å². The Hall–Kier alpha value is -4.13. The maximum atomic E-state index is 13.3. The van der Waals surface area contributed by atoms with E-state index in [0.717, 1.165) is 11.1 Å². The molecule has 32 heavy (non-hydrogen) atoms. The van der Waals surface area contributed by atoms with Crippen molar-refractivity contribution in [3.05, 3.63) is 105 Å². The van der Waals surface area contributed by atoms with E-state index >= 15 is 0 Å². The Morgan fingerprint density at radius 3 is 2.34 bits per heavy atom. The van der Waals surface area contributed by atoms with Gasteiger partial charge in [-0.15, -0.1) is 0 Å². The van der Waals surface area contributed by atoms with Crippen LogP contribution in [-0.2, 0) is 17.9 Å². The topological polar surface area (TPSA) is 82.3 Å². The van der Waals surface area contributed by atoms with E-state index < -0.39 is 11.6 Å². The fourth-order valence-electron chi connectivity index (χ4n) is 3.62. The van der Waals surface area contributed by atoms with Crippen LogP contribution in [0, 0.1) is 6.92 Å². The molecule has 0 saturated heterocycles. The highest BCUT2D eigenvalue weighted by atomic mass is 16.5. The average molecular weight is 429 g/mol. The van der Waals surface area contributed by atoms with Gasteiger partial charge < -0.3 is 10.1 Å². The molecule has 4 rings (SSSR count). The van der Waals surface area contributed by atoms with Gasteiger partial charge in [-0.1, -0.05) is 54.1 Å². The molecule has 0 atom stereocenters. The number of aromatic nitrogens is 2. The van der Waals surface area contributed by atoms with Crippen molar-refractivity contribution in [2.75, 3.05) is 12.4 Å². The van der Waals surface area contributed by atoms with Crippen molar-refractivity contribution in [3.8, 4) is 5.75 Å². The molecule has 3 aromatic carbocycles. The maximum Gasteiger partial charge on any atom is 0.332 e. The quantitative estimate of drug-likeness (QED) is 0.510. The number of hydrogen-bond acceptors (Lipinski definition) is 4. The molecule has 1 amide bonds. The van der Waals surface area contributed by atoms with Gasteiger partial charge in [-0.2, -0.15) is 0 Å². The molecule has 0 fully saturated rings. The van der Waals surface area contributed by atoms with Crippen LogP contribution in [-0.4, -0.2) is 22.2 Å². The van der Waals surface area contributed by atoms with E-state index in [-0.39, 0.29) is 18.6 Å². The molecule has 0 aliphatic rings. The zero-order chi connectivity index (χ0) is 22.7. The number of anilines is 1. The Labute approximate surface area is 184 Å². The van der Waals surface area contributed by atoms with E-state index in [0.29, 0.717) is 22.3 Å². The van der Waals surface area contributed by atoms with E-state index in [1.807, 2.05) is 31.2 Å². The fourth-order valence-corrected chi connectivity index (χ4v) is 3.62. The molecule has 0 aliphatic heterocycles. The third-order valence-electron chi connectivity index (χ3n) is 5.28. The zero-order valence-electron chi connectivity index (χ0n) is 17.9. The summed E-state index contributed by atoms with van der Waals surface area (Å²) in [5.41, 5.74) is 1.92. The molecule has 1 aromatic heterocycles. The maximum absolute atomic E-state index is 13.3. The lowest BCUT2D eigenvalue weighted by Crippen LogP contribution is -2.42. The van der Waals surface area contributed by atoms with Gasteiger partial charge in [-0.05, 0) is 36.8 Å². The van der Waals surface area contributed by atoms with Gasteiger partial charge >= 0.3 is 5.69 Å². The monoisotopic (exact) mass is 429 g/mol. The highest BCUT2D eigenvalue weighted by Gasteiger charge is 2.16. The van der Waals surface area contributed by atoms with Crippen LogP contribution in [0.4, 0.5) is 5.69 Å². The minimum absolute atomic E-state index is 0.122. The number of nitrogens with zero attached hydrogens (tertiary/aromatic N) is 2. The second-order valence-electron chi connectivity index (χ2n) is 7.51. The second-order valence-corrected chi connectivity index (χ2v) is 7.51. The van der Waals surface area contributed by atoms with Crippen LogP contribution in [0.5, 0.6) is 5.75 Å². The number of benzene rings is 3. The van der Waals surface area contributed by atoms with Crippen molar-refractivity contribution in [3.63, 3.8) is 0 Å². The Morgan fingerprint density at radius 2 is 1.59 bits per heavy atom. The van der Waals surface area contributed by atoms with Crippen LogP contribution in [0.25, 0.3) is 10.9 Å². The molecule has 0 bridgehead atoms. The first-order valence-corrected chi connectivity index (χ1v) is 10.2. The smallest absolute Gasteiger partial charge is 0.332 e. The largest absolute Gasteiger partial charge is 0.495 e. The predicted molar refractivity (Wildman–Crippen MR) is 124 cm³/mol. The lowest BCUT2D eigenvalue weighted by molar-refractivity contribution is -0.116. The predicted octanol–water partition coefficient (Wildman–Crippen LogP) is 3.17. The van der Waals surface area contributed by atoms with Crippen molar-refractivity contribution in [1.82, 2.24) is 9.13 Å².